The lowest BCUT2D eigenvalue weighted by molar-refractivity contribution is -0.138. The van der Waals surface area contributed by atoms with Gasteiger partial charge in [-0.15, -0.1) is 0 Å². The van der Waals surface area contributed by atoms with Crippen molar-refractivity contribution < 1.29 is 34.5 Å². The van der Waals surface area contributed by atoms with Crippen molar-refractivity contribution in [2.45, 2.75) is 12.8 Å². The third-order valence-corrected chi connectivity index (χ3v) is 1.21. The summed E-state index contributed by atoms with van der Waals surface area (Å²) in [6.07, 6.45) is 1.05. The van der Waals surface area contributed by atoms with E-state index in [1.165, 1.54) is 0 Å². The molecule has 0 aromatic carbocycles. The summed E-state index contributed by atoms with van der Waals surface area (Å²) in [4.78, 5) is 39.3. The van der Waals surface area contributed by atoms with Gasteiger partial charge in [0.2, 0.25) is 0 Å². The second-order valence-corrected chi connectivity index (χ2v) is 2.65. The van der Waals surface area contributed by atoms with Crippen molar-refractivity contribution in [3.63, 3.8) is 0 Å². The lowest BCUT2D eigenvalue weighted by atomic mass is 10.2. The number of nitrogens with two attached hydrogens (primary N) is 1. The zero-order valence-corrected chi connectivity index (χ0v) is 8.83. The number of hydrogen-bond acceptors (Lipinski definition) is 5. The maximum absolute atomic E-state index is 10.3. The number of hydrogen-bond donors (Lipinski definition) is 4. The van der Waals surface area contributed by atoms with Crippen LogP contribution in [0.5, 0.6) is 0 Å². The van der Waals surface area contributed by atoms with Crippen molar-refractivity contribution in [1.29, 1.82) is 0 Å². The van der Waals surface area contributed by atoms with Crippen LogP contribution in [-0.2, 0) is 19.2 Å². The van der Waals surface area contributed by atoms with Gasteiger partial charge in [0, 0.05) is 18.6 Å². The number of rotatable bonds is 6. The van der Waals surface area contributed by atoms with E-state index in [9.17, 15) is 19.2 Å². The first-order chi connectivity index (χ1) is 7.79. The lowest BCUT2D eigenvalue weighted by Gasteiger charge is -1.90. The highest BCUT2D eigenvalue weighted by atomic mass is 16.4. The largest absolute Gasteiger partial charge is 0.481 e. The molecule has 0 unspecified atom stereocenters. The highest BCUT2D eigenvalue weighted by Gasteiger charge is 2.01. The molecular formula is C9H13NO7. The van der Waals surface area contributed by atoms with E-state index in [1.807, 2.05) is 0 Å². The van der Waals surface area contributed by atoms with Gasteiger partial charge in [-0.25, -0.2) is 9.59 Å². The van der Waals surface area contributed by atoms with Crippen molar-refractivity contribution in [3.8, 4) is 0 Å². The summed E-state index contributed by atoms with van der Waals surface area (Å²) in [5, 5.41) is 23.7. The Morgan fingerprint density at radius 3 is 1.53 bits per heavy atom. The van der Waals surface area contributed by atoms with Crippen LogP contribution < -0.4 is 5.73 Å². The van der Waals surface area contributed by atoms with E-state index < -0.39 is 17.9 Å². The molecule has 0 fully saturated rings. The second-order valence-electron chi connectivity index (χ2n) is 2.65. The monoisotopic (exact) mass is 247 g/mol. The molecule has 0 aliphatic rings. The Balaban J connectivity index is 0. The summed E-state index contributed by atoms with van der Waals surface area (Å²) in [7, 11) is 0. The van der Waals surface area contributed by atoms with E-state index in [-0.39, 0.29) is 25.2 Å². The predicted octanol–water partition coefficient (Wildman–Crippen LogP) is -0.909. The Kier molecular flexibility index (Phi) is 10.4. The molecule has 0 bridgehead atoms. The van der Waals surface area contributed by atoms with E-state index in [1.54, 1.807) is 0 Å². The van der Waals surface area contributed by atoms with Crippen LogP contribution in [0, 0.1) is 0 Å². The van der Waals surface area contributed by atoms with Gasteiger partial charge in [0.15, 0.2) is 0 Å². The number of carboxylic acids is 3. The number of ketones is 1. The van der Waals surface area contributed by atoms with Crippen LogP contribution in [0.3, 0.4) is 0 Å². The minimum absolute atomic E-state index is 0.0475. The molecule has 8 nitrogen and oxygen atoms in total. The molecule has 0 heterocycles. The maximum Gasteiger partial charge on any atom is 0.328 e. The molecule has 17 heavy (non-hydrogen) atoms. The third kappa shape index (κ3) is 20.0. The van der Waals surface area contributed by atoms with Gasteiger partial charge in [-0.05, 0) is 0 Å². The molecule has 0 aliphatic heterocycles. The van der Waals surface area contributed by atoms with Gasteiger partial charge in [-0.1, -0.05) is 0 Å². The molecular weight excluding hydrogens is 234 g/mol. The van der Waals surface area contributed by atoms with E-state index in [0.717, 1.165) is 0 Å². The summed E-state index contributed by atoms with van der Waals surface area (Å²) in [5.74, 6) is -3.69. The lowest BCUT2D eigenvalue weighted by Crippen LogP contribution is -2.14. The molecule has 0 aromatic heterocycles. The standard InChI is InChI=1S/C5H9NO3.C4H4O4/c6-3-4(7)1-2-5(8)9;5-3(6)1-2-4(7)8/h1-3,6H2,(H,8,9);1-2H,(H,5,6)(H,7,8)/b;2-1+. The van der Waals surface area contributed by atoms with Crippen LogP contribution in [0.25, 0.3) is 0 Å². The van der Waals surface area contributed by atoms with Crippen LogP contribution >= 0.6 is 0 Å². The van der Waals surface area contributed by atoms with Crippen molar-refractivity contribution >= 4 is 23.7 Å². The first kappa shape index (κ1) is 17.2. The Morgan fingerprint density at radius 1 is 0.882 bits per heavy atom. The molecule has 0 rings (SSSR count). The molecule has 0 spiro atoms. The molecule has 0 atom stereocenters. The summed E-state index contributed by atoms with van der Waals surface area (Å²) in [5.41, 5.74) is 4.92. The Labute approximate surface area is 96.3 Å². The molecule has 96 valence electrons. The highest BCUT2D eigenvalue weighted by Crippen LogP contribution is 1.87. The minimum Gasteiger partial charge on any atom is -0.481 e. The quantitative estimate of drug-likeness (QED) is 0.439. The summed E-state index contributed by atoms with van der Waals surface area (Å²) < 4.78 is 0. The number of aliphatic carboxylic acids is 3. The fourth-order valence-electron chi connectivity index (χ4n) is 0.491. The molecule has 0 saturated heterocycles. The number of carbonyl (C=O) groups is 4. The van der Waals surface area contributed by atoms with Gasteiger partial charge in [0.1, 0.15) is 5.78 Å². The van der Waals surface area contributed by atoms with Gasteiger partial charge >= 0.3 is 17.9 Å². The van der Waals surface area contributed by atoms with Crippen molar-refractivity contribution in [2.75, 3.05) is 6.54 Å². The van der Waals surface area contributed by atoms with E-state index in [0.29, 0.717) is 12.2 Å². The van der Waals surface area contributed by atoms with Crippen LogP contribution in [0.1, 0.15) is 12.8 Å². The van der Waals surface area contributed by atoms with E-state index in [4.69, 9.17) is 21.1 Å². The van der Waals surface area contributed by atoms with Crippen molar-refractivity contribution in [3.05, 3.63) is 12.2 Å². The Hall–Kier alpha value is -2.22. The zero-order valence-electron chi connectivity index (χ0n) is 8.83. The first-order valence-corrected chi connectivity index (χ1v) is 4.37. The average Bonchev–Trinajstić information content (AvgIpc) is 2.23. The second kappa shape index (κ2) is 10.3. The maximum atomic E-state index is 10.3. The third-order valence-electron chi connectivity index (χ3n) is 1.21. The normalized spacial score (nSPS) is 9.24. The minimum atomic E-state index is -1.26. The molecule has 0 amide bonds. The first-order valence-electron chi connectivity index (χ1n) is 4.37. The molecule has 5 N–H and O–H groups in total. The smallest absolute Gasteiger partial charge is 0.328 e. The predicted molar refractivity (Wildman–Crippen MR) is 55.3 cm³/mol. The molecule has 0 aromatic rings. The van der Waals surface area contributed by atoms with Crippen LogP contribution in [-0.4, -0.2) is 45.6 Å². The number of Topliss-reactive ketones (excluding diaryl/α,β-unsaturated/α-hetero) is 1. The molecule has 8 heteroatoms. The highest BCUT2D eigenvalue weighted by molar-refractivity contribution is 5.89. The Bertz CT molecular complexity index is 305. The summed E-state index contributed by atoms with van der Waals surface area (Å²) in [6.45, 7) is -0.0622. The molecule has 0 saturated carbocycles. The van der Waals surface area contributed by atoms with Crippen LogP contribution in [0.15, 0.2) is 12.2 Å². The number of carbonyl (C=O) groups excluding carboxylic acids is 1. The van der Waals surface area contributed by atoms with Gasteiger partial charge in [-0.3, -0.25) is 9.59 Å². The summed E-state index contributed by atoms with van der Waals surface area (Å²) >= 11 is 0. The SMILES string of the molecule is NCC(=O)CCC(=O)O.O=C(O)/C=C/C(=O)O. The zero-order chi connectivity index (χ0) is 13.8. The van der Waals surface area contributed by atoms with E-state index >= 15 is 0 Å². The van der Waals surface area contributed by atoms with Crippen molar-refractivity contribution in [1.82, 2.24) is 0 Å². The summed E-state index contributed by atoms with van der Waals surface area (Å²) in [6, 6.07) is 0. The fraction of sp³-hybridized carbons (Fsp3) is 0.333. The Morgan fingerprint density at radius 2 is 1.29 bits per heavy atom. The van der Waals surface area contributed by atoms with Crippen molar-refractivity contribution in [2.24, 2.45) is 5.73 Å². The molecule has 0 aliphatic carbocycles. The van der Waals surface area contributed by atoms with E-state index in [2.05, 4.69) is 0 Å². The molecule has 0 radical (unpaired) electrons. The average molecular weight is 247 g/mol. The van der Waals surface area contributed by atoms with Crippen LogP contribution in [0.4, 0.5) is 0 Å². The fourth-order valence-corrected chi connectivity index (χ4v) is 0.491. The van der Waals surface area contributed by atoms with Gasteiger partial charge in [0.05, 0.1) is 13.0 Å². The van der Waals surface area contributed by atoms with Crippen LogP contribution in [0.2, 0.25) is 0 Å². The van der Waals surface area contributed by atoms with Gasteiger partial charge in [0.25, 0.3) is 0 Å². The number of carboxylic acid groups (broad SMARTS) is 3. The van der Waals surface area contributed by atoms with Gasteiger partial charge in [-0.2, -0.15) is 0 Å². The topological polar surface area (TPSA) is 155 Å². The van der Waals surface area contributed by atoms with Gasteiger partial charge < -0.3 is 21.1 Å².